The second kappa shape index (κ2) is 3.16. The summed E-state index contributed by atoms with van der Waals surface area (Å²) in [6, 6.07) is 0. The maximum Gasteiger partial charge on any atom is 0.193 e. The van der Waals surface area contributed by atoms with Crippen LogP contribution in [0.5, 0.6) is 0 Å². The fraction of sp³-hybridized carbons (Fsp3) is 0.600. The summed E-state index contributed by atoms with van der Waals surface area (Å²) in [5, 5.41) is 19.5. The predicted molar refractivity (Wildman–Crippen MR) is 41.3 cm³/mol. The number of aromatic amines is 1. The number of H-pyrrole nitrogens is 1. The number of nitrogens with zero attached hydrogens (tertiary/aromatic N) is 4. The third kappa shape index (κ3) is 1.49. The van der Waals surface area contributed by atoms with Crippen molar-refractivity contribution in [3.8, 4) is 0 Å². The Hall–Kier alpha value is -1.66. The number of guanidine groups is 1. The van der Waals surface area contributed by atoms with E-state index in [2.05, 4.69) is 36.3 Å². The molecule has 0 saturated carbocycles. The van der Waals surface area contributed by atoms with E-state index in [1.54, 1.807) is 0 Å². The fourth-order valence-corrected chi connectivity index (χ4v) is 0.936. The predicted octanol–water partition coefficient (Wildman–Crippen LogP) is -1.75. The van der Waals surface area contributed by atoms with Crippen LogP contribution in [0.3, 0.4) is 0 Å². The van der Waals surface area contributed by atoms with Gasteiger partial charge in [-0.1, -0.05) is 5.21 Å². The van der Waals surface area contributed by atoms with E-state index in [-0.39, 0.29) is 0 Å². The van der Waals surface area contributed by atoms with Gasteiger partial charge in [-0.3, -0.25) is 4.99 Å². The monoisotopic (exact) mass is 167 g/mol. The highest BCUT2D eigenvalue weighted by molar-refractivity contribution is 5.81. The van der Waals surface area contributed by atoms with Crippen LogP contribution in [0.15, 0.2) is 4.99 Å². The van der Waals surface area contributed by atoms with Crippen molar-refractivity contribution in [2.24, 2.45) is 4.99 Å². The first kappa shape index (κ1) is 7.01. The summed E-state index contributed by atoms with van der Waals surface area (Å²) < 4.78 is 0. The molecule has 0 aliphatic carbocycles. The van der Waals surface area contributed by atoms with Crippen LogP contribution in [0.25, 0.3) is 0 Å². The second-order valence-electron chi connectivity index (χ2n) is 2.34. The Labute approximate surface area is 68.7 Å². The van der Waals surface area contributed by atoms with Gasteiger partial charge in [-0.05, 0) is 0 Å². The molecular formula is C5H9N7. The zero-order valence-corrected chi connectivity index (χ0v) is 6.41. The van der Waals surface area contributed by atoms with Gasteiger partial charge in [0.1, 0.15) is 0 Å². The molecule has 1 aromatic rings. The molecule has 2 heterocycles. The maximum atomic E-state index is 4.14. The standard InChI is InChI=1S/C5H9N7/c1-2-7-5(6-1)8-3-4-9-11-12-10-4/h1-3H2,(H2,6,7,8)(H,9,10,11,12). The van der Waals surface area contributed by atoms with Crippen molar-refractivity contribution in [2.75, 3.05) is 13.1 Å². The lowest BCUT2D eigenvalue weighted by Gasteiger charge is -2.01. The number of aliphatic imine (C=N–C) groups is 1. The minimum absolute atomic E-state index is 0.544. The summed E-state index contributed by atoms with van der Waals surface area (Å²) in [4.78, 5) is 4.14. The Morgan fingerprint density at radius 3 is 3.17 bits per heavy atom. The van der Waals surface area contributed by atoms with Crippen molar-refractivity contribution in [2.45, 2.75) is 6.54 Å². The first-order chi connectivity index (χ1) is 5.95. The lowest BCUT2D eigenvalue weighted by Crippen LogP contribution is -2.33. The van der Waals surface area contributed by atoms with Gasteiger partial charge in [0.15, 0.2) is 11.8 Å². The number of hydrogen-bond donors (Lipinski definition) is 3. The molecular weight excluding hydrogens is 158 g/mol. The molecule has 3 N–H and O–H groups in total. The van der Waals surface area contributed by atoms with E-state index in [4.69, 9.17) is 0 Å². The summed E-state index contributed by atoms with van der Waals surface area (Å²) >= 11 is 0. The van der Waals surface area contributed by atoms with E-state index >= 15 is 0 Å². The summed E-state index contributed by atoms with van der Waals surface area (Å²) in [6.45, 7) is 2.27. The molecule has 7 nitrogen and oxygen atoms in total. The van der Waals surface area contributed by atoms with Gasteiger partial charge < -0.3 is 10.6 Å². The number of rotatable bonds is 2. The molecule has 0 bridgehead atoms. The van der Waals surface area contributed by atoms with E-state index in [9.17, 15) is 0 Å². The number of nitrogens with one attached hydrogen (secondary N) is 3. The highest BCUT2D eigenvalue weighted by atomic mass is 15.5. The number of hydrogen-bond acceptors (Lipinski definition) is 6. The van der Waals surface area contributed by atoms with E-state index in [1.165, 1.54) is 0 Å². The van der Waals surface area contributed by atoms with Crippen molar-refractivity contribution in [1.82, 2.24) is 31.3 Å². The van der Waals surface area contributed by atoms with Crippen molar-refractivity contribution in [3.63, 3.8) is 0 Å². The van der Waals surface area contributed by atoms with Crippen molar-refractivity contribution in [3.05, 3.63) is 5.82 Å². The molecule has 0 aromatic carbocycles. The number of tetrazole rings is 1. The molecule has 0 radical (unpaired) electrons. The Morgan fingerprint density at radius 2 is 2.50 bits per heavy atom. The smallest absolute Gasteiger partial charge is 0.193 e. The quantitative estimate of drug-likeness (QED) is 0.486. The zero-order chi connectivity index (χ0) is 8.23. The van der Waals surface area contributed by atoms with Crippen LogP contribution in [0.2, 0.25) is 0 Å². The van der Waals surface area contributed by atoms with Gasteiger partial charge in [-0.2, -0.15) is 5.21 Å². The minimum atomic E-state index is 0.544. The molecule has 0 amide bonds. The van der Waals surface area contributed by atoms with Crippen LogP contribution in [0.1, 0.15) is 5.82 Å². The molecule has 1 aliphatic rings. The lowest BCUT2D eigenvalue weighted by atomic mass is 10.6. The van der Waals surface area contributed by atoms with Gasteiger partial charge in [0.2, 0.25) is 0 Å². The van der Waals surface area contributed by atoms with Crippen LogP contribution in [0.4, 0.5) is 0 Å². The Morgan fingerprint density at radius 1 is 1.50 bits per heavy atom. The molecule has 64 valence electrons. The largest absolute Gasteiger partial charge is 0.355 e. The lowest BCUT2D eigenvalue weighted by molar-refractivity contribution is 0.807. The molecule has 0 spiro atoms. The molecule has 2 rings (SSSR count). The van der Waals surface area contributed by atoms with Crippen molar-refractivity contribution in [1.29, 1.82) is 0 Å². The maximum absolute atomic E-state index is 4.14. The summed E-state index contributed by atoms with van der Waals surface area (Å²) in [6.07, 6.45) is 0. The van der Waals surface area contributed by atoms with Gasteiger partial charge in [0.25, 0.3) is 0 Å². The van der Waals surface area contributed by atoms with Crippen LogP contribution in [0, 0.1) is 0 Å². The van der Waals surface area contributed by atoms with Gasteiger partial charge in [0.05, 0.1) is 13.1 Å². The average Bonchev–Trinajstić information content (AvgIpc) is 2.74. The molecule has 0 unspecified atom stereocenters. The van der Waals surface area contributed by atoms with E-state index < -0.39 is 0 Å². The van der Waals surface area contributed by atoms with Crippen LogP contribution < -0.4 is 10.6 Å². The number of aromatic nitrogens is 4. The third-order valence-electron chi connectivity index (χ3n) is 1.48. The molecule has 0 atom stereocenters. The highest BCUT2D eigenvalue weighted by Gasteiger charge is 2.04. The van der Waals surface area contributed by atoms with Gasteiger partial charge in [0, 0.05) is 6.54 Å². The van der Waals surface area contributed by atoms with Gasteiger partial charge >= 0.3 is 0 Å². The summed E-state index contributed by atoms with van der Waals surface area (Å²) in [5.74, 6) is 1.44. The SMILES string of the molecule is C1CNC(NCc2nn[nH]n2)=N1. The molecule has 12 heavy (non-hydrogen) atoms. The molecule has 7 heteroatoms. The fourth-order valence-electron chi connectivity index (χ4n) is 0.936. The third-order valence-corrected chi connectivity index (χ3v) is 1.48. The van der Waals surface area contributed by atoms with Crippen LogP contribution in [-0.2, 0) is 6.54 Å². The molecule has 0 fully saturated rings. The highest BCUT2D eigenvalue weighted by Crippen LogP contribution is 1.84. The topological polar surface area (TPSA) is 90.9 Å². The second-order valence-corrected chi connectivity index (χ2v) is 2.34. The summed E-state index contributed by atoms with van der Waals surface area (Å²) in [5.41, 5.74) is 0. The normalized spacial score (nSPS) is 15.5. The first-order valence-electron chi connectivity index (χ1n) is 3.69. The average molecular weight is 167 g/mol. The van der Waals surface area contributed by atoms with Gasteiger partial charge in [-0.25, -0.2) is 0 Å². The van der Waals surface area contributed by atoms with Crippen LogP contribution in [-0.4, -0.2) is 39.7 Å². The van der Waals surface area contributed by atoms with E-state index in [0.717, 1.165) is 19.0 Å². The first-order valence-corrected chi connectivity index (χ1v) is 3.69. The molecule has 0 saturated heterocycles. The zero-order valence-electron chi connectivity index (χ0n) is 6.41. The van der Waals surface area contributed by atoms with Crippen molar-refractivity contribution < 1.29 is 0 Å². The van der Waals surface area contributed by atoms with E-state index in [1.807, 2.05) is 0 Å². The Kier molecular flexibility index (Phi) is 1.85. The molecule has 1 aliphatic heterocycles. The van der Waals surface area contributed by atoms with Crippen molar-refractivity contribution >= 4 is 5.96 Å². The van der Waals surface area contributed by atoms with E-state index in [0.29, 0.717) is 12.4 Å². The Bertz CT molecular complexity index is 263. The Balaban J connectivity index is 1.82. The minimum Gasteiger partial charge on any atom is -0.355 e. The van der Waals surface area contributed by atoms with Gasteiger partial charge in [-0.15, -0.1) is 10.2 Å². The van der Waals surface area contributed by atoms with Crippen LogP contribution >= 0.6 is 0 Å². The summed E-state index contributed by atoms with van der Waals surface area (Å²) in [7, 11) is 0. The molecule has 1 aromatic heterocycles.